The lowest BCUT2D eigenvalue weighted by molar-refractivity contribution is 0.0462. The van der Waals surface area contributed by atoms with Crippen molar-refractivity contribution in [2.24, 2.45) is 0 Å². The number of carbonyl (C=O) groups excluding carboxylic acids is 1. The van der Waals surface area contributed by atoms with Crippen LogP contribution in [0.3, 0.4) is 0 Å². The van der Waals surface area contributed by atoms with E-state index in [1.165, 1.54) is 6.20 Å². The fourth-order valence-electron chi connectivity index (χ4n) is 1.54. The Balaban J connectivity index is 2.04. The summed E-state index contributed by atoms with van der Waals surface area (Å²) in [5.41, 5.74) is 1.54. The molecule has 0 saturated heterocycles. The van der Waals surface area contributed by atoms with Crippen LogP contribution >= 0.6 is 0 Å². The van der Waals surface area contributed by atoms with Gasteiger partial charge in [-0.05, 0) is 11.6 Å². The molecule has 2 aromatic rings. The van der Waals surface area contributed by atoms with Gasteiger partial charge in [-0.1, -0.05) is 36.4 Å². The first-order chi connectivity index (χ1) is 8.81. The number of esters is 1. The number of aliphatic hydroxyl groups excluding tert-OH is 1. The van der Waals surface area contributed by atoms with Gasteiger partial charge in [0.1, 0.15) is 6.61 Å². The lowest BCUT2D eigenvalue weighted by Crippen LogP contribution is -2.10. The van der Waals surface area contributed by atoms with Crippen LogP contribution < -0.4 is 0 Å². The highest BCUT2D eigenvalue weighted by atomic mass is 16.5. The van der Waals surface area contributed by atoms with Gasteiger partial charge in [-0.3, -0.25) is 0 Å². The van der Waals surface area contributed by atoms with Gasteiger partial charge in [0, 0.05) is 11.8 Å². The molecule has 1 N–H and O–H groups in total. The third kappa shape index (κ3) is 2.93. The molecule has 0 radical (unpaired) electrons. The van der Waals surface area contributed by atoms with E-state index in [-0.39, 0.29) is 18.9 Å². The van der Waals surface area contributed by atoms with E-state index in [1.807, 2.05) is 30.3 Å². The monoisotopic (exact) mass is 243 g/mol. The maximum Gasteiger partial charge on any atom is 0.357 e. The molecule has 2 rings (SSSR count). The minimum atomic E-state index is -0.525. The quantitative estimate of drug-likeness (QED) is 0.833. The standard InChI is InChI=1S/C14H13NO3/c16-9-12-7-4-8-15-13(12)14(17)18-10-11-5-2-1-3-6-11/h1-8,16H,9-10H2. The smallest absolute Gasteiger partial charge is 0.357 e. The van der Waals surface area contributed by atoms with Crippen molar-refractivity contribution in [1.29, 1.82) is 0 Å². The number of pyridine rings is 1. The van der Waals surface area contributed by atoms with Gasteiger partial charge in [0.05, 0.1) is 6.61 Å². The maximum atomic E-state index is 11.8. The van der Waals surface area contributed by atoms with E-state index in [0.29, 0.717) is 5.56 Å². The van der Waals surface area contributed by atoms with Crippen LogP contribution in [-0.4, -0.2) is 16.1 Å². The first-order valence-electron chi connectivity index (χ1n) is 5.57. The molecule has 0 saturated carbocycles. The fraction of sp³-hybridized carbons (Fsp3) is 0.143. The zero-order chi connectivity index (χ0) is 12.8. The van der Waals surface area contributed by atoms with Crippen molar-refractivity contribution in [3.05, 3.63) is 65.5 Å². The van der Waals surface area contributed by atoms with Gasteiger partial charge in [0.2, 0.25) is 0 Å². The van der Waals surface area contributed by atoms with Crippen LogP contribution in [0.1, 0.15) is 21.6 Å². The van der Waals surface area contributed by atoms with Crippen molar-refractivity contribution < 1.29 is 14.6 Å². The maximum absolute atomic E-state index is 11.8. The molecule has 1 aromatic carbocycles. The second-order valence-corrected chi connectivity index (χ2v) is 3.73. The summed E-state index contributed by atoms with van der Waals surface area (Å²) in [6.45, 7) is -0.0370. The van der Waals surface area contributed by atoms with Crippen LogP contribution in [-0.2, 0) is 18.0 Å². The predicted molar refractivity (Wildman–Crippen MR) is 65.7 cm³/mol. The summed E-state index contributed by atoms with van der Waals surface area (Å²) in [5, 5.41) is 9.10. The molecule has 1 aromatic heterocycles. The summed E-state index contributed by atoms with van der Waals surface area (Å²) in [6.07, 6.45) is 1.50. The number of aliphatic hydroxyl groups is 1. The summed E-state index contributed by atoms with van der Waals surface area (Å²) < 4.78 is 5.14. The lowest BCUT2D eigenvalue weighted by atomic mass is 10.2. The third-order valence-corrected chi connectivity index (χ3v) is 2.47. The summed E-state index contributed by atoms with van der Waals surface area (Å²) in [4.78, 5) is 15.7. The van der Waals surface area contributed by atoms with Crippen molar-refractivity contribution in [2.75, 3.05) is 0 Å². The number of nitrogens with zero attached hydrogens (tertiary/aromatic N) is 1. The molecular formula is C14H13NO3. The second kappa shape index (κ2) is 5.93. The molecule has 1 heterocycles. The van der Waals surface area contributed by atoms with Crippen LogP contribution in [0.15, 0.2) is 48.7 Å². The number of carbonyl (C=O) groups is 1. The van der Waals surface area contributed by atoms with Crippen LogP contribution in [0.4, 0.5) is 0 Å². The van der Waals surface area contributed by atoms with Gasteiger partial charge in [-0.25, -0.2) is 9.78 Å². The molecule has 0 aliphatic carbocycles. The van der Waals surface area contributed by atoms with Gasteiger partial charge >= 0.3 is 5.97 Å². The van der Waals surface area contributed by atoms with E-state index in [2.05, 4.69) is 4.98 Å². The van der Waals surface area contributed by atoms with Gasteiger partial charge in [-0.2, -0.15) is 0 Å². The fourth-order valence-corrected chi connectivity index (χ4v) is 1.54. The Morgan fingerprint density at radius 3 is 2.67 bits per heavy atom. The summed E-state index contributed by atoms with van der Waals surface area (Å²) >= 11 is 0. The number of hydrogen-bond donors (Lipinski definition) is 1. The Labute approximate surface area is 105 Å². The van der Waals surface area contributed by atoms with Crippen molar-refractivity contribution in [2.45, 2.75) is 13.2 Å². The van der Waals surface area contributed by atoms with Gasteiger partial charge in [-0.15, -0.1) is 0 Å². The Morgan fingerprint density at radius 2 is 1.94 bits per heavy atom. The molecule has 0 aliphatic heterocycles. The van der Waals surface area contributed by atoms with Crippen LogP contribution in [0.2, 0.25) is 0 Å². The first-order valence-corrected chi connectivity index (χ1v) is 5.57. The largest absolute Gasteiger partial charge is 0.456 e. The molecule has 0 amide bonds. The van der Waals surface area contributed by atoms with Gasteiger partial charge in [0.15, 0.2) is 5.69 Å². The summed E-state index contributed by atoms with van der Waals surface area (Å²) in [5.74, 6) is -0.525. The van der Waals surface area contributed by atoms with Gasteiger partial charge < -0.3 is 9.84 Å². The van der Waals surface area contributed by atoms with E-state index in [0.717, 1.165) is 5.56 Å². The Hall–Kier alpha value is -2.20. The number of ether oxygens (including phenoxy) is 1. The SMILES string of the molecule is O=C(OCc1ccccc1)c1ncccc1CO. The molecule has 18 heavy (non-hydrogen) atoms. The molecule has 0 atom stereocenters. The zero-order valence-corrected chi connectivity index (χ0v) is 9.74. The second-order valence-electron chi connectivity index (χ2n) is 3.73. The predicted octanol–water partition coefficient (Wildman–Crippen LogP) is 1.93. The highest BCUT2D eigenvalue weighted by molar-refractivity contribution is 5.88. The minimum Gasteiger partial charge on any atom is -0.456 e. The highest BCUT2D eigenvalue weighted by Crippen LogP contribution is 2.09. The lowest BCUT2D eigenvalue weighted by Gasteiger charge is -2.06. The van der Waals surface area contributed by atoms with Crippen molar-refractivity contribution in [1.82, 2.24) is 4.98 Å². The molecule has 4 heteroatoms. The Kier molecular flexibility index (Phi) is 4.04. The molecule has 0 fully saturated rings. The summed E-state index contributed by atoms with van der Waals surface area (Å²) in [7, 11) is 0. The third-order valence-electron chi connectivity index (χ3n) is 2.47. The van der Waals surface area contributed by atoms with Crippen molar-refractivity contribution in [3.8, 4) is 0 Å². The molecular weight excluding hydrogens is 230 g/mol. The average Bonchev–Trinajstić information content (AvgIpc) is 2.45. The molecule has 0 aliphatic rings. The van der Waals surface area contributed by atoms with E-state index in [1.54, 1.807) is 12.1 Å². The zero-order valence-electron chi connectivity index (χ0n) is 9.74. The minimum absolute atomic E-state index is 0.163. The highest BCUT2D eigenvalue weighted by Gasteiger charge is 2.13. The van der Waals surface area contributed by atoms with E-state index in [9.17, 15) is 4.79 Å². The van der Waals surface area contributed by atoms with E-state index >= 15 is 0 Å². The van der Waals surface area contributed by atoms with Crippen LogP contribution in [0.25, 0.3) is 0 Å². The molecule has 92 valence electrons. The van der Waals surface area contributed by atoms with Crippen LogP contribution in [0, 0.1) is 0 Å². The van der Waals surface area contributed by atoms with Crippen molar-refractivity contribution in [3.63, 3.8) is 0 Å². The molecule has 0 spiro atoms. The topological polar surface area (TPSA) is 59.4 Å². The molecule has 0 unspecified atom stereocenters. The Morgan fingerprint density at radius 1 is 1.17 bits per heavy atom. The first kappa shape index (κ1) is 12.3. The molecule has 0 bridgehead atoms. The number of rotatable bonds is 4. The normalized spacial score (nSPS) is 10.1. The van der Waals surface area contributed by atoms with E-state index < -0.39 is 5.97 Å². The van der Waals surface area contributed by atoms with E-state index in [4.69, 9.17) is 9.84 Å². The van der Waals surface area contributed by atoms with Crippen LogP contribution in [0.5, 0.6) is 0 Å². The number of hydrogen-bond acceptors (Lipinski definition) is 4. The molecule has 4 nitrogen and oxygen atoms in total. The van der Waals surface area contributed by atoms with Gasteiger partial charge in [0.25, 0.3) is 0 Å². The summed E-state index contributed by atoms with van der Waals surface area (Å²) in [6, 6.07) is 12.7. The average molecular weight is 243 g/mol. The number of benzene rings is 1. The Bertz CT molecular complexity index is 526. The van der Waals surface area contributed by atoms with Crippen molar-refractivity contribution >= 4 is 5.97 Å². The number of aromatic nitrogens is 1.